The van der Waals surface area contributed by atoms with Gasteiger partial charge in [-0.25, -0.2) is 4.79 Å². The number of phenolic OH excluding ortho intramolecular Hbond substituents is 1. The maximum atomic E-state index is 12.0. The summed E-state index contributed by atoms with van der Waals surface area (Å²) in [5.41, 5.74) is 0.946. The number of ether oxygens (including phenoxy) is 1. The molecule has 0 aliphatic heterocycles. The van der Waals surface area contributed by atoms with Gasteiger partial charge in [0.25, 0.3) is 0 Å². The molecule has 0 atom stereocenters. The van der Waals surface area contributed by atoms with Crippen molar-refractivity contribution in [1.82, 2.24) is 0 Å². The van der Waals surface area contributed by atoms with Gasteiger partial charge in [0.2, 0.25) is 5.91 Å². The lowest BCUT2D eigenvalue weighted by Gasteiger charge is -2.07. The van der Waals surface area contributed by atoms with Crippen molar-refractivity contribution in [2.45, 2.75) is 13.3 Å². The zero-order valence-electron chi connectivity index (χ0n) is 13.1. The van der Waals surface area contributed by atoms with Gasteiger partial charge in [-0.2, -0.15) is 0 Å². The highest BCUT2D eigenvalue weighted by molar-refractivity contribution is 6.00. The maximum Gasteiger partial charge on any atom is 0.342 e. The molecule has 0 aliphatic carbocycles. The summed E-state index contributed by atoms with van der Waals surface area (Å²) in [6.45, 7) is 1.31. The number of ketones is 1. The summed E-state index contributed by atoms with van der Waals surface area (Å²) in [5, 5.41) is 12.2. The Kier molecular flexibility index (Phi) is 5.68. The molecule has 2 N–H and O–H groups in total. The Morgan fingerprint density at radius 1 is 1.04 bits per heavy atom. The number of para-hydroxylation sites is 1. The zero-order valence-corrected chi connectivity index (χ0v) is 13.1. The number of hydrogen-bond donors (Lipinski definition) is 2. The third-order valence-electron chi connectivity index (χ3n) is 3.27. The molecule has 0 unspecified atom stereocenters. The van der Waals surface area contributed by atoms with Crippen molar-refractivity contribution in [2.24, 2.45) is 0 Å². The summed E-state index contributed by atoms with van der Waals surface area (Å²) in [4.78, 5) is 35.1. The predicted molar refractivity (Wildman–Crippen MR) is 88.1 cm³/mol. The molecule has 6 nitrogen and oxygen atoms in total. The fourth-order valence-corrected chi connectivity index (χ4v) is 1.93. The second kappa shape index (κ2) is 7.92. The SMILES string of the molecule is CCC(=O)Nc1ccc(C(=O)COC(=O)c2ccccc2O)cc1. The van der Waals surface area contributed by atoms with Gasteiger partial charge < -0.3 is 15.2 Å². The van der Waals surface area contributed by atoms with Crippen LogP contribution in [0.1, 0.15) is 34.1 Å². The molecule has 124 valence electrons. The van der Waals surface area contributed by atoms with Crippen molar-refractivity contribution >= 4 is 23.3 Å². The van der Waals surface area contributed by atoms with Crippen LogP contribution >= 0.6 is 0 Å². The normalized spacial score (nSPS) is 10.0. The number of hydrogen-bond acceptors (Lipinski definition) is 5. The molecule has 0 heterocycles. The Morgan fingerprint density at radius 2 is 1.71 bits per heavy atom. The second-order valence-electron chi connectivity index (χ2n) is 5.00. The Balaban J connectivity index is 1.94. The van der Waals surface area contributed by atoms with E-state index in [2.05, 4.69) is 5.32 Å². The van der Waals surface area contributed by atoms with Gasteiger partial charge in [-0.3, -0.25) is 9.59 Å². The van der Waals surface area contributed by atoms with Crippen LogP contribution in [0.5, 0.6) is 5.75 Å². The van der Waals surface area contributed by atoms with Crippen LogP contribution in [0.25, 0.3) is 0 Å². The first-order valence-corrected chi connectivity index (χ1v) is 7.39. The Morgan fingerprint density at radius 3 is 2.33 bits per heavy atom. The van der Waals surface area contributed by atoms with Crippen LogP contribution in [-0.2, 0) is 9.53 Å². The number of Topliss-reactive ketones (excluding diaryl/α,β-unsaturated/α-hetero) is 1. The van der Waals surface area contributed by atoms with E-state index in [0.717, 1.165) is 0 Å². The van der Waals surface area contributed by atoms with Crippen LogP contribution in [0.3, 0.4) is 0 Å². The Bertz CT molecular complexity index is 752. The van der Waals surface area contributed by atoms with E-state index < -0.39 is 12.6 Å². The van der Waals surface area contributed by atoms with Crippen LogP contribution in [0.4, 0.5) is 5.69 Å². The first-order valence-electron chi connectivity index (χ1n) is 7.39. The van der Waals surface area contributed by atoms with E-state index in [4.69, 9.17) is 4.74 Å². The maximum absolute atomic E-state index is 12.0. The number of amides is 1. The minimum atomic E-state index is -0.770. The van der Waals surface area contributed by atoms with E-state index in [1.54, 1.807) is 43.3 Å². The highest BCUT2D eigenvalue weighted by atomic mass is 16.5. The lowest BCUT2D eigenvalue weighted by atomic mass is 10.1. The molecule has 2 aromatic rings. The minimum absolute atomic E-state index is 0.00271. The molecule has 0 fully saturated rings. The smallest absolute Gasteiger partial charge is 0.342 e. The molecule has 2 aromatic carbocycles. The lowest BCUT2D eigenvalue weighted by Crippen LogP contribution is -2.14. The number of benzene rings is 2. The van der Waals surface area contributed by atoms with Gasteiger partial charge in [-0.15, -0.1) is 0 Å². The first kappa shape index (κ1) is 17.2. The number of aromatic hydroxyl groups is 1. The first-order chi connectivity index (χ1) is 11.5. The third-order valence-corrected chi connectivity index (χ3v) is 3.27. The number of nitrogens with one attached hydrogen (secondary N) is 1. The summed E-state index contributed by atoms with van der Waals surface area (Å²) >= 11 is 0. The number of phenols is 1. The average molecular weight is 327 g/mol. The van der Waals surface area contributed by atoms with Crippen LogP contribution in [-0.4, -0.2) is 29.4 Å². The van der Waals surface area contributed by atoms with Crippen LogP contribution in [0.15, 0.2) is 48.5 Å². The van der Waals surface area contributed by atoms with E-state index in [9.17, 15) is 19.5 Å². The van der Waals surface area contributed by atoms with E-state index in [-0.39, 0.29) is 23.0 Å². The topological polar surface area (TPSA) is 92.7 Å². The van der Waals surface area contributed by atoms with Gasteiger partial charge in [0.15, 0.2) is 12.4 Å². The average Bonchev–Trinajstić information content (AvgIpc) is 2.60. The van der Waals surface area contributed by atoms with Gasteiger partial charge in [0.05, 0.1) is 0 Å². The number of carbonyl (C=O) groups excluding carboxylic acids is 3. The molecule has 0 saturated heterocycles. The molecule has 2 rings (SSSR count). The molecule has 0 radical (unpaired) electrons. The molecular formula is C18H17NO5. The van der Waals surface area contributed by atoms with Crippen molar-refractivity contribution in [3.8, 4) is 5.75 Å². The highest BCUT2D eigenvalue weighted by Crippen LogP contribution is 2.17. The molecule has 0 bridgehead atoms. The zero-order chi connectivity index (χ0) is 17.5. The predicted octanol–water partition coefficient (Wildman–Crippen LogP) is 2.78. The molecule has 6 heteroatoms. The fraction of sp³-hybridized carbons (Fsp3) is 0.167. The van der Waals surface area contributed by atoms with Gasteiger partial charge >= 0.3 is 5.97 Å². The molecule has 1 amide bonds. The van der Waals surface area contributed by atoms with Gasteiger partial charge in [-0.1, -0.05) is 19.1 Å². The number of anilines is 1. The number of rotatable bonds is 6. The van der Waals surface area contributed by atoms with Gasteiger partial charge in [0, 0.05) is 17.7 Å². The van der Waals surface area contributed by atoms with Crippen molar-refractivity contribution in [2.75, 3.05) is 11.9 Å². The van der Waals surface area contributed by atoms with Crippen molar-refractivity contribution in [3.63, 3.8) is 0 Å². The monoisotopic (exact) mass is 327 g/mol. The molecule has 0 saturated carbocycles. The summed E-state index contributed by atoms with van der Waals surface area (Å²) in [5.74, 6) is -1.47. The molecule has 24 heavy (non-hydrogen) atoms. The van der Waals surface area contributed by atoms with Crippen molar-refractivity contribution in [1.29, 1.82) is 0 Å². The number of carbonyl (C=O) groups is 3. The van der Waals surface area contributed by atoms with Crippen molar-refractivity contribution < 1.29 is 24.2 Å². The molecule has 0 aliphatic rings. The Labute approximate surface area is 139 Å². The Hall–Kier alpha value is -3.15. The van der Waals surface area contributed by atoms with Gasteiger partial charge in [0.1, 0.15) is 11.3 Å². The standard InChI is InChI=1S/C18H17NO5/c1-2-17(22)19-13-9-7-12(8-10-13)16(21)11-24-18(23)14-5-3-4-6-15(14)20/h3-10,20H,2,11H2,1H3,(H,19,22). The van der Waals surface area contributed by atoms with Crippen molar-refractivity contribution in [3.05, 3.63) is 59.7 Å². The van der Waals surface area contributed by atoms with E-state index in [1.807, 2.05) is 0 Å². The fourth-order valence-electron chi connectivity index (χ4n) is 1.93. The summed E-state index contributed by atoms with van der Waals surface area (Å²) in [6.07, 6.45) is 0.364. The molecular weight excluding hydrogens is 310 g/mol. The summed E-state index contributed by atoms with van der Waals surface area (Å²) in [6, 6.07) is 12.2. The largest absolute Gasteiger partial charge is 0.507 e. The van der Waals surface area contributed by atoms with Gasteiger partial charge in [-0.05, 0) is 36.4 Å². The third kappa shape index (κ3) is 4.42. The second-order valence-corrected chi connectivity index (χ2v) is 5.00. The molecule has 0 aromatic heterocycles. The minimum Gasteiger partial charge on any atom is -0.507 e. The van der Waals surface area contributed by atoms with Crippen LogP contribution in [0, 0.1) is 0 Å². The molecule has 0 spiro atoms. The highest BCUT2D eigenvalue weighted by Gasteiger charge is 2.14. The van der Waals surface area contributed by atoms with Crippen LogP contribution in [0.2, 0.25) is 0 Å². The quantitative estimate of drug-likeness (QED) is 0.628. The number of esters is 1. The van der Waals surface area contributed by atoms with E-state index >= 15 is 0 Å². The lowest BCUT2D eigenvalue weighted by molar-refractivity contribution is -0.115. The van der Waals surface area contributed by atoms with Crippen LogP contribution < -0.4 is 5.32 Å². The summed E-state index contributed by atoms with van der Waals surface area (Å²) in [7, 11) is 0. The van der Waals surface area contributed by atoms with E-state index in [1.165, 1.54) is 12.1 Å². The summed E-state index contributed by atoms with van der Waals surface area (Å²) < 4.78 is 4.92. The van der Waals surface area contributed by atoms with E-state index in [0.29, 0.717) is 17.7 Å².